The van der Waals surface area contributed by atoms with Crippen molar-refractivity contribution in [3.8, 4) is 11.5 Å². The van der Waals surface area contributed by atoms with Gasteiger partial charge >= 0.3 is 5.97 Å². The lowest BCUT2D eigenvalue weighted by molar-refractivity contribution is -0.144. The van der Waals surface area contributed by atoms with Crippen LogP contribution in [0.15, 0.2) is 18.2 Å². The zero-order chi connectivity index (χ0) is 30.1. The average Bonchev–Trinajstić information content (AvgIpc) is 3.20. The molecule has 3 heterocycles. The summed E-state index contributed by atoms with van der Waals surface area (Å²) in [5.41, 5.74) is 2.99. The first-order valence-corrected chi connectivity index (χ1v) is 13.9. The van der Waals surface area contributed by atoms with Gasteiger partial charge < -0.3 is 29.3 Å². The summed E-state index contributed by atoms with van der Waals surface area (Å²) in [4.78, 5) is 46.3. The number of rotatable bonds is 9. The number of ketones is 1. The molecule has 2 aromatic rings. The second-order valence-corrected chi connectivity index (χ2v) is 11.2. The van der Waals surface area contributed by atoms with E-state index in [4.69, 9.17) is 19.6 Å². The zero-order valence-corrected chi connectivity index (χ0v) is 24.8. The number of nitrogens with zero attached hydrogens (tertiary/aromatic N) is 3. The Labute approximate surface area is 240 Å². The minimum Gasteiger partial charge on any atom is -0.491 e. The predicted octanol–water partition coefficient (Wildman–Crippen LogP) is 3.31. The number of anilines is 1. The van der Waals surface area contributed by atoms with Gasteiger partial charge in [0.25, 0.3) is 5.91 Å². The molecule has 1 aromatic carbocycles. The van der Waals surface area contributed by atoms with Crippen molar-refractivity contribution in [2.24, 2.45) is 0 Å². The van der Waals surface area contributed by atoms with E-state index < -0.39 is 5.91 Å². The lowest BCUT2D eigenvalue weighted by Gasteiger charge is -2.37. The Morgan fingerprint density at radius 1 is 1.17 bits per heavy atom. The van der Waals surface area contributed by atoms with Gasteiger partial charge in [-0.1, -0.05) is 20.8 Å². The van der Waals surface area contributed by atoms with Crippen molar-refractivity contribution in [2.75, 3.05) is 45.3 Å². The van der Waals surface area contributed by atoms with E-state index in [1.165, 1.54) is 7.05 Å². The summed E-state index contributed by atoms with van der Waals surface area (Å²) in [6.07, 6.45) is -0.230. The normalized spacial score (nSPS) is 16.1. The van der Waals surface area contributed by atoms with Crippen molar-refractivity contribution < 1.29 is 28.6 Å². The highest BCUT2D eigenvalue weighted by Gasteiger charge is 2.34. The first-order chi connectivity index (χ1) is 19.4. The highest BCUT2D eigenvalue weighted by Crippen LogP contribution is 2.43. The van der Waals surface area contributed by atoms with Crippen LogP contribution in [0.25, 0.3) is 0 Å². The highest BCUT2D eigenvalue weighted by atomic mass is 16.5. The summed E-state index contributed by atoms with van der Waals surface area (Å²) in [6.45, 7) is 11.2. The van der Waals surface area contributed by atoms with Crippen molar-refractivity contribution in [3.63, 3.8) is 0 Å². The Kier molecular flexibility index (Phi) is 8.55. The molecular weight excluding hydrogens is 526 g/mol. The molecule has 1 amide bonds. The molecule has 0 spiro atoms. The summed E-state index contributed by atoms with van der Waals surface area (Å²) in [7, 11) is 3.43. The molecule has 11 nitrogen and oxygen atoms in total. The third kappa shape index (κ3) is 6.13. The minimum absolute atomic E-state index is 0.0348. The number of benzene rings is 1. The third-order valence-corrected chi connectivity index (χ3v) is 7.12. The molecule has 1 unspecified atom stereocenters. The van der Waals surface area contributed by atoms with Crippen LogP contribution < -0.4 is 19.7 Å². The second kappa shape index (κ2) is 11.8. The topological polar surface area (TPSA) is 134 Å². The number of hydrogen-bond acceptors (Lipinski definition) is 9. The van der Waals surface area contributed by atoms with Crippen LogP contribution in [0.3, 0.4) is 0 Å². The Morgan fingerprint density at radius 2 is 1.90 bits per heavy atom. The van der Waals surface area contributed by atoms with Crippen molar-refractivity contribution in [1.82, 2.24) is 15.2 Å². The van der Waals surface area contributed by atoms with Gasteiger partial charge in [0.1, 0.15) is 23.4 Å². The van der Waals surface area contributed by atoms with Crippen LogP contribution in [-0.4, -0.2) is 79.9 Å². The van der Waals surface area contributed by atoms with E-state index in [2.05, 4.69) is 10.3 Å². The van der Waals surface area contributed by atoms with Crippen molar-refractivity contribution in [2.45, 2.75) is 59.1 Å². The summed E-state index contributed by atoms with van der Waals surface area (Å²) in [5.74, 6) is 0.219. The number of fused-ring (bicyclic) bond motifs is 2. The van der Waals surface area contributed by atoms with Gasteiger partial charge in [-0.25, -0.2) is 4.98 Å². The Bertz CT molecular complexity index is 1380. The quantitative estimate of drug-likeness (QED) is 0.347. The van der Waals surface area contributed by atoms with Crippen LogP contribution in [0.2, 0.25) is 0 Å². The largest absolute Gasteiger partial charge is 0.491 e. The SMILES string of the molecule is CCOC(=O)CC1CN(C)c2cc(C(=O)CN3Cc4cc(OCC)c(C(=O)NC)nc4C3=N)cc(C(C)(C)C)c2O1. The molecule has 2 N–H and O–H groups in total. The molecule has 1 aromatic heterocycles. The highest BCUT2D eigenvalue weighted by molar-refractivity contribution is 6.06. The van der Waals surface area contributed by atoms with Gasteiger partial charge in [-0.3, -0.25) is 19.8 Å². The first-order valence-electron chi connectivity index (χ1n) is 13.9. The maximum absolute atomic E-state index is 13.7. The van der Waals surface area contributed by atoms with Gasteiger partial charge in [0, 0.05) is 37.3 Å². The van der Waals surface area contributed by atoms with E-state index >= 15 is 0 Å². The van der Waals surface area contributed by atoms with Crippen LogP contribution in [0.1, 0.15) is 78.7 Å². The third-order valence-electron chi connectivity index (χ3n) is 7.12. The standard InChI is InChI=1S/C30H39N5O6/c1-8-39-23-12-18-14-35(28(31)25(18)33-26(23)29(38)32-6)16-22(36)17-10-20(30(3,4)5)27-21(11-17)34(7)15-19(41-27)13-24(37)40-9-2/h10-12,19,31H,8-9,13-16H2,1-7H3,(H,32,38). The maximum Gasteiger partial charge on any atom is 0.309 e. The summed E-state index contributed by atoms with van der Waals surface area (Å²) >= 11 is 0. The number of pyridine rings is 1. The number of carbonyl (C=O) groups is 3. The average molecular weight is 566 g/mol. The molecule has 0 fully saturated rings. The van der Waals surface area contributed by atoms with Crippen molar-refractivity contribution in [3.05, 3.63) is 46.3 Å². The first kappa shape index (κ1) is 29.8. The number of esters is 1. The van der Waals surface area contributed by atoms with E-state index in [0.29, 0.717) is 49.1 Å². The van der Waals surface area contributed by atoms with Gasteiger partial charge in [-0.15, -0.1) is 0 Å². The fourth-order valence-electron chi connectivity index (χ4n) is 5.10. The minimum atomic E-state index is -0.404. The molecule has 4 rings (SSSR count). The Balaban J connectivity index is 1.61. The molecule has 0 aliphatic carbocycles. The summed E-state index contributed by atoms with van der Waals surface area (Å²) in [6, 6.07) is 5.39. The number of carbonyl (C=O) groups excluding carboxylic acids is 3. The molecule has 0 radical (unpaired) electrons. The fourth-order valence-corrected chi connectivity index (χ4v) is 5.10. The van der Waals surface area contributed by atoms with Crippen LogP contribution in [-0.2, 0) is 21.5 Å². The molecule has 220 valence electrons. The van der Waals surface area contributed by atoms with E-state index in [0.717, 1.165) is 16.8 Å². The van der Waals surface area contributed by atoms with Gasteiger partial charge in [-0.05, 0) is 37.5 Å². The van der Waals surface area contributed by atoms with Crippen molar-refractivity contribution >= 4 is 29.2 Å². The fraction of sp³-hybridized carbons (Fsp3) is 0.500. The van der Waals surface area contributed by atoms with E-state index in [1.807, 2.05) is 51.8 Å². The van der Waals surface area contributed by atoms with Crippen LogP contribution in [0.4, 0.5) is 5.69 Å². The monoisotopic (exact) mass is 565 g/mol. The number of Topliss-reactive ketones (excluding diaryl/α,β-unsaturated/α-hetero) is 1. The molecule has 2 aliphatic heterocycles. The molecule has 0 saturated carbocycles. The summed E-state index contributed by atoms with van der Waals surface area (Å²) in [5, 5.41) is 11.3. The van der Waals surface area contributed by atoms with Crippen LogP contribution in [0, 0.1) is 5.41 Å². The number of likely N-dealkylation sites (N-methyl/N-ethyl adjacent to an activating group) is 1. The molecular formula is C30H39N5O6. The molecule has 2 aliphatic rings. The van der Waals surface area contributed by atoms with Gasteiger partial charge in [0.05, 0.1) is 38.4 Å². The number of ether oxygens (including phenoxy) is 3. The second-order valence-electron chi connectivity index (χ2n) is 11.2. The summed E-state index contributed by atoms with van der Waals surface area (Å²) < 4.78 is 17.1. The number of hydrogen-bond donors (Lipinski definition) is 2. The molecule has 1 atom stereocenters. The number of aromatic nitrogens is 1. The van der Waals surface area contributed by atoms with Crippen LogP contribution in [0.5, 0.6) is 11.5 Å². The van der Waals surface area contributed by atoms with E-state index in [9.17, 15) is 14.4 Å². The molecule has 0 bridgehead atoms. The Hall–Kier alpha value is -4.15. The molecule has 11 heteroatoms. The lowest BCUT2D eigenvalue weighted by Crippen LogP contribution is -2.40. The number of amides is 1. The lowest BCUT2D eigenvalue weighted by atomic mass is 9.83. The maximum atomic E-state index is 13.7. The smallest absolute Gasteiger partial charge is 0.309 e. The van der Waals surface area contributed by atoms with E-state index in [-0.39, 0.29) is 47.8 Å². The Morgan fingerprint density at radius 3 is 2.54 bits per heavy atom. The number of nitrogens with one attached hydrogen (secondary N) is 2. The van der Waals surface area contributed by atoms with Crippen molar-refractivity contribution in [1.29, 1.82) is 5.41 Å². The van der Waals surface area contributed by atoms with Gasteiger partial charge in [0.15, 0.2) is 17.2 Å². The molecule has 41 heavy (non-hydrogen) atoms. The van der Waals surface area contributed by atoms with E-state index in [1.54, 1.807) is 17.9 Å². The van der Waals surface area contributed by atoms with Crippen LogP contribution >= 0.6 is 0 Å². The van der Waals surface area contributed by atoms with Gasteiger partial charge in [0.2, 0.25) is 0 Å². The molecule has 0 saturated heterocycles. The predicted molar refractivity (Wildman–Crippen MR) is 154 cm³/mol. The van der Waals surface area contributed by atoms with Gasteiger partial charge in [-0.2, -0.15) is 0 Å². The zero-order valence-electron chi connectivity index (χ0n) is 24.8. The number of amidine groups is 1.